The topological polar surface area (TPSA) is 89.0 Å². The fraction of sp³-hybridized carbons (Fsp3) is 0.200. The van der Waals surface area contributed by atoms with E-state index >= 15 is 0 Å². The maximum absolute atomic E-state index is 12.3. The van der Waals surface area contributed by atoms with Crippen molar-refractivity contribution in [1.82, 2.24) is 20.3 Å². The van der Waals surface area contributed by atoms with E-state index in [9.17, 15) is 4.79 Å². The fourth-order valence-corrected chi connectivity index (χ4v) is 2.56. The Kier molecular flexibility index (Phi) is 6.30. The number of pyridine rings is 1. The minimum atomic E-state index is -0.237. The van der Waals surface area contributed by atoms with Crippen LogP contribution in [0.15, 0.2) is 61.1 Å². The molecule has 7 heteroatoms. The van der Waals surface area contributed by atoms with E-state index in [0.717, 1.165) is 16.9 Å². The molecule has 2 heterocycles. The van der Waals surface area contributed by atoms with Gasteiger partial charge in [0, 0.05) is 31.7 Å². The van der Waals surface area contributed by atoms with Crippen LogP contribution in [0, 0.1) is 0 Å². The molecule has 0 unspecified atom stereocenters. The number of carbonyl (C=O) groups is 1. The SMILES string of the molecule is COc1ccccc1CCNC(=O)c1ccnc(NCc2ccncc2)n1. The van der Waals surface area contributed by atoms with Gasteiger partial charge in [-0.15, -0.1) is 0 Å². The van der Waals surface area contributed by atoms with Crippen LogP contribution >= 0.6 is 0 Å². The van der Waals surface area contributed by atoms with Gasteiger partial charge in [-0.2, -0.15) is 0 Å². The molecule has 0 atom stereocenters. The summed E-state index contributed by atoms with van der Waals surface area (Å²) in [7, 11) is 1.64. The first kappa shape index (κ1) is 18.3. The summed E-state index contributed by atoms with van der Waals surface area (Å²) in [6.07, 6.45) is 5.69. The summed E-state index contributed by atoms with van der Waals surface area (Å²) in [4.78, 5) is 24.8. The Balaban J connectivity index is 1.54. The summed E-state index contributed by atoms with van der Waals surface area (Å²) in [5.41, 5.74) is 2.42. The van der Waals surface area contributed by atoms with Gasteiger partial charge >= 0.3 is 0 Å². The van der Waals surface area contributed by atoms with E-state index in [2.05, 4.69) is 25.6 Å². The Morgan fingerprint density at radius 2 is 1.89 bits per heavy atom. The first-order valence-corrected chi connectivity index (χ1v) is 8.62. The maximum atomic E-state index is 12.3. The van der Waals surface area contributed by atoms with Crippen LogP contribution in [0.5, 0.6) is 5.75 Å². The van der Waals surface area contributed by atoms with Crippen LogP contribution in [-0.4, -0.2) is 34.5 Å². The summed E-state index contributed by atoms with van der Waals surface area (Å²) in [6, 6.07) is 13.2. The number of hydrogen-bond donors (Lipinski definition) is 2. The van der Waals surface area contributed by atoms with Gasteiger partial charge < -0.3 is 15.4 Å². The Labute approximate surface area is 157 Å². The molecule has 3 aromatic rings. The van der Waals surface area contributed by atoms with Crippen molar-refractivity contribution in [2.24, 2.45) is 0 Å². The van der Waals surface area contributed by atoms with Gasteiger partial charge in [-0.05, 0) is 41.8 Å². The van der Waals surface area contributed by atoms with Gasteiger partial charge in [-0.1, -0.05) is 18.2 Å². The molecule has 3 rings (SSSR count). The maximum Gasteiger partial charge on any atom is 0.270 e. The molecule has 0 fully saturated rings. The van der Waals surface area contributed by atoms with Crippen LogP contribution in [0.1, 0.15) is 21.6 Å². The molecule has 138 valence electrons. The number of para-hydroxylation sites is 1. The Morgan fingerprint density at radius 3 is 2.70 bits per heavy atom. The molecule has 1 amide bonds. The highest BCUT2D eigenvalue weighted by Crippen LogP contribution is 2.17. The van der Waals surface area contributed by atoms with Gasteiger partial charge in [-0.3, -0.25) is 9.78 Å². The molecule has 0 aliphatic rings. The van der Waals surface area contributed by atoms with Gasteiger partial charge in [-0.25, -0.2) is 9.97 Å². The molecule has 0 saturated heterocycles. The number of methoxy groups -OCH3 is 1. The molecule has 1 aromatic carbocycles. The van der Waals surface area contributed by atoms with Crippen LogP contribution in [0.3, 0.4) is 0 Å². The predicted molar refractivity (Wildman–Crippen MR) is 103 cm³/mol. The van der Waals surface area contributed by atoms with Crippen LogP contribution in [0.4, 0.5) is 5.95 Å². The lowest BCUT2D eigenvalue weighted by atomic mass is 10.1. The second-order valence-electron chi connectivity index (χ2n) is 5.79. The number of ether oxygens (including phenoxy) is 1. The van der Waals surface area contributed by atoms with Crippen molar-refractivity contribution in [1.29, 1.82) is 0 Å². The third kappa shape index (κ3) is 5.24. The molecule has 2 aromatic heterocycles. The number of nitrogens with one attached hydrogen (secondary N) is 2. The summed E-state index contributed by atoms with van der Waals surface area (Å²) >= 11 is 0. The lowest BCUT2D eigenvalue weighted by molar-refractivity contribution is 0.0949. The molecular weight excluding hydrogens is 342 g/mol. The van der Waals surface area contributed by atoms with Gasteiger partial charge in [0.1, 0.15) is 11.4 Å². The highest BCUT2D eigenvalue weighted by molar-refractivity contribution is 5.92. The van der Waals surface area contributed by atoms with Crippen molar-refractivity contribution in [2.75, 3.05) is 19.0 Å². The number of amides is 1. The Morgan fingerprint density at radius 1 is 1.07 bits per heavy atom. The molecule has 0 aliphatic carbocycles. The van der Waals surface area contributed by atoms with Crippen molar-refractivity contribution in [2.45, 2.75) is 13.0 Å². The number of nitrogens with zero attached hydrogens (tertiary/aromatic N) is 3. The third-order valence-corrected chi connectivity index (χ3v) is 3.96. The standard InChI is InChI=1S/C20H21N5O2/c1-27-18-5-3-2-4-16(18)8-12-22-19(26)17-9-13-23-20(25-17)24-14-15-6-10-21-11-7-15/h2-7,9-11,13H,8,12,14H2,1H3,(H,22,26)(H,23,24,25). The average molecular weight is 363 g/mol. The number of aromatic nitrogens is 3. The fourth-order valence-electron chi connectivity index (χ4n) is 2.56. The lowest BCUT2D eigenvalue weighted by Crippen LogP contribution is -2.27. The molecule has 0 aliphatic heterocycles. The normalized spacial score (nSPS) is 10.3. The molecule has 27 heavy (non-hydrogen) atoms. The Bertz CT molecular complexity index is 886. The van der Waals surface area contributed by atoms with Crippen molar-refractivity contribution < 1.29 is 9.53 Å². The third-order valence-electron chi connectivity index (χ3n) is 3.96. The van der Waals surface area contributed by atoms with Crippen molar-refractivity contribution in [3.8, 4) is 5.75 Å². The summed E-state index contributed by atoms with van der Waals surface area (Å²) < 4.78 is 5.32. The molecule has 0 spiro atoms. The zero-order valence-corrected chi connectivity index (χ0v) is 15.1. The smallest absolute Gasteiger partial charge is 0.270 e. The van der Waals surface area contributed by atoms with E-state index in [0.29, 0.717) is 31.2 Å². The molecule has 0 bridgehead atoms. The van der Waals surface area contributed by atoms with Crippen molar-refractivity contribution in [3.63, 3.8) is 0 Å². The van der Waals surface area contributed by atoms with E-state index in [-0.39, 0.29) is 5.91 Å². The number of benzene rings is 1. The highest BCUT2D eigenvalue weighted by Gasteiger charge is 2.09. The first-order chi connectivity index (χ1) is 13.3. The molecule has 0 radical (unpaired) electrons. The van der Waals surface area contributed by atoms with E-state index in [1.165, 1.54) is 0 Å². The lowest BCUT2D eigenvalue weighted by Gasteiger charge is -2.09. The summed E-state index contributed by atoms with van der Waals surface area (Å²) in [5.74, 6) is 0.986. The zero-order valence-electron chi connectivity index (χ0n) is 15.1. The van der Waals surface area contributed by atoms with E-state index in [4.69, 9.17) is 4.74 Å². The number of anilines is 1. The minimum absolute atomic E-state index is 0.237. The van der Waals surface area contributed by atoms with Crippen LogP contribution in [0.25, 0.3) is 0 Å². The molecular formula is C20H21N5O2. The van der Waals surface area contributed by atoms with Gasteiger partial charge in [0.05, 0.1) is 7.11 Å². The second-order valence-corrected chi connectivity index (χ2v) is 5.79. The molecule has 0 saturated carbocycles. The van der Waals surface area contributed by atoms with Gasteiger partial charge in [0.25, 0.3) is 5.91 Å². The first-order valence-electron chi connectivity index (χ1n) is 8.62. The molecule has 7 nitrogen and oxygen atoms in total. The number of hydrogen-bond acceptors (Lipinski definition) is 6. The van der Waals surface area contributed by atoms with Gasteiger partial charge in [0.15, 0.2) is 0 Å². The highest BCUT2D eigenvalue weighted by atomic mass is 16.5. The Hall–Kier alpha value is -3.48. The largest absolute Gasteiger partial charge is 0.496 e. The number of rotatable bonds is 8. The summed E-state index contributed by atoms with van der Waals surface area (Å²) in [6.45, 7) is 1.05. The van der Waals surface area contributed by atoms with E-state index < -0.39 is 0 Å². The number of carbonyl (C=O) groups excluding carboxylic acids is 1. The van der Waals surface area contributed by atoms with Crippen molar-refractivity contribution in [3.05, 3.63) is 77.9 Å². The summed E-state index contributed by atoms with van der Waals surface area (Å²) in [5, 5.41) is 5.99. The zero-order chi connectivity index (χ0) is 18.9. The van der Waals surface area contributed by atoms with E-state index in [1.807, 2.05) is 36.4 Å². The van der Waals surface area contributed by atoms with Gasteiger partial charge in [0.2, 0.25) is 5.95 Å². The van der Waals surface area contributed by atoms with Crippen molar-refractivity contribution >= 4 is 11.9 Å². The predicted octanol–water partition coefficient (Wildman–Crippen LogP) is 2.46. The minimum Gasteiger partial charge on any atom is -0.496 e. The van der Waals surface area contributed by atoms with Crippen LogP contribution in [-0.2, 0) is 13.0 Å². The second kappa shape index (κ2) is 9.28. The quantitative estimate of drug-likeness (QED) is 0.639. The van der Waals surface area contributed by atoms with Crippen LogP contribution in [0.2, 0.25) is 0 Å². The van der Waals surface area contributed by atoms with Crippen LogP contribution < -0.4 is 15.4 Å². The molecule has 2 N–H and O–H groups in total. The average Bonchev–Trinajstić information content (AvgIpc) is 2.73. The van der Waals surface area contributed by atoms with E-state index in [1.54, 1.807) is 31.8 Å². The monoisotopic (exact) mass is 363 g/mol.